The first-order chi connectivity index (χ1) is 7.79. The highest BCUT2D eigenvalue weighted by Crippen LogP contribution is 2.27. The quantitative estimate of drug-likeness (QED) is 0.672. The van der Waals surface area contributed by atoms with Gasteiger partial charge in [-0.3, -0.25) is 4.68 Å². The molecule has 0 aliphatic rings. The van der Waals surface area contributed by atoms with E-state index >= 15 is 0 Å². The van der Waals surface area contributed by atoms with Crippen LogP contribution in [0.3, 0.4) is 0 Å². The Labute approximate surface area is 92.9 Å². The monoisotopic (exact) mass is 212 g/mol. The Morgan fingerprint density at radius 2 is 2.00 bits per heavy atom. The number of aryl methyl sites for hydroxylation is 1. The molecule has 4 heteroatoms. The van der Waals surface area contributed by atoms with Crippen LogP contribution in [-0.2, 0) is 7.05 Å². The molecular formula is C12H12N4. The molecule has 0 spiro atoms. The van der Waals surface area contributed by atoms with Crippen LogP contribution in [0.1, 0.15) is 0 Å². The van der Waals surface area contributed by atoms with E-state index in [1.807, 2.05) is 43.2 Å². The van der Waals surface area contributed by atoms with E-state index in [0.717, 1.165) is 27.6 Å². The molecule has 0 fully saturated rings. The molecule has 0 atom stereocenters. The third-order valence-corrected chi connectivity index (χ3v) is 2.72. The van der Waals surface area contributed by atoms with Gasteiger partial charge < -0.3 is 5.32 Å². The van der Waals surface area contributed by atoms with E-state index in [1.165, 1.54) is 0 Å². The number of pyridine rings is 1. The summed E-state index contributed by atoms with van der Waals surface area (Å²) in [5.74, 6) is 0.828. The maximum atomic E-state index is 4.55. The number of anilines is 1. The standard InChI is InChI=1S/C12H12N4/c1-13-12-11-9(7-16(2)15-11)8-5-3-4-6-10(8)14-12/h3-7H,1-2H3,(H,13,14). The molecule has 0 saturated carbocycles. The number of aromatic nitrogens is 3. The van der Waals surface area contributed by atoms with Crippen molar-refractivity contribution in [3.05, 3.63) is 30.5 Å². The van der Waals surface area contributed by atoms with Crippen LogP contribution in [0.15, 0.2) is 30.5 Å². The van der Waals surface area contributed by atoms with Crippen LogP contribution >= 0.6 is 0 Å². The Morgan fingerprint density at radius 1 is 1.19 bits per heavy atom. The maximum Gasteiger partial charge on any atom is 0.154 e. The maximum absolute atomic E-state index is 4.55. The van der Waals surface area contributed by atoms with E-state index in [0.29, 0.717) is 0 Å². The highest BCUT2D eigenvalue weighted by Gasteiger charge is 2.09. The minimum atomic E-state index is 0.828. The van der Waals surface area contributed by atoms with E-state index in [-0.39, 0.29) is 0 Å². The van der Waals surface area contributed by atoms with E-state index in [4.69, 9.17) is 0 Å². The van der Waals surface area contributed by atoms with Crippen LogP contribution in [-0.4, -0.2) is 21.8 Å². The van der Waals surface area contributed by atoms with Gasteiger partial charge in [0.15, 0.2) is 5.82 Å². The molecule has 0 saturated heterocycles. The molecule has 1 aromatic carbocycles. The molecule has 0 radical (unpaired) electrons. The molecule has 0 unspecified atom stereocenters. The highest BCUT2D eigenvalue weighted by atomic mass is 15.3. The van der Waals surface area contributed by atoms with Gasteiger partial charge in [-0.2, -0.15) is 5.10 Å². The lowest BCUT2D eigenvalue weighted by atomic mass is 10.1. The minimum absolute atomic E-state index is 0.828. The number of fused-ring (bicyclic) bond motifs is 3. The Bertz CT molecular complexity index is 669. The summed E-state index contributed by atoms with van der Waals surface area (Å²) in [4.78, 5) is 4.55. The Kier molecular flexibility index (Phi) is 1.83. The summed E-state index contributed by atoms with van der Waals surface area (Å²) in [7, 11) is 3.79. The molecule has 2 aromatic heterocycles. The fraction of sp³-hybridized carbons (Fsp3) is 0.167. The van der Waals surface area contributed by atoms with Gasteiger partial charge in [-0.15, -0.1) is 0 Å². The van der Waals surface area contributed by atoms with Crippen LogP contribution in [0.5, 0.6) is 0 Å². The molecule has 1 N–H and O–H groups in total. The number of para-hydroxylation sites is 1. The van der Waals surface area contributed by atoms with Gasteiger partial charge in [0.1, 0.15) is 5.52 Å². The van der Waals surface area contributed by atoms with E-state index in [1.54, 1.807) is 0 Å². The molecule has 4 nitrogen and oxygen atoms in total. The Morgan fingerprint density at radius 3 is 2.81 bits per heavy atom. The number of nitrogens with one attached hydrogen (secondary N) is 1. The smallest absolute Gasteiger partial charge is 0.154 e. The van der Waals surface area contributed by atoms with Gasteiger partial charge in [0.25, 0.3) is 0 Å². The SMILES string of the molecule is CNc1nc2ccccc2c2cn(C)nc12. The number of hydrogen-bond donors (Lipinski definition) is 1. The third-order valence-electron chi connectivity index (χ3n) is 2.72. The van der Waals surface area contributed by atoms with Crippen LogP contribution in [0.25, 0.3) is 21.8 Å². The first-order valence-corrected chi connectivity index (χ1v) is 5.19. The first kappa shape index (κ1) is 9.15. The van der Waals surface area contributed by atoms with Gasteiger partial charge in [0.05, 0.1) is 5.52 Å². The fourth-order valence-electron chi connectivity index (χ4n) is 2.01. The second kappa shape index (κ2) is 3.20. The zero-order chi connectivity index (χ0) is 11.1. The fourth-order valence-corrected chi connectivity index (χ4v) is 2.01. The van der Waals surface area contributed by atoms with Crippen molar-refractivity contribution in [2.45, 2.75) is 0 Å². The molecule has 0 bridgehead atoms. The molecule has 16 heavy (non-hydrogen) atoms. The van der Waals surface area contributed by atoms with Crippen molar-refractivity contribution in [3.63, 3.8) is 0 Å². The van der Waals surface area contributed by atoms with Gasteiger partial charge >= 0.3 is 0 Å². The predicted molar refractivity (Wildman–Crippen MR) is 65.6 cm³/mol. The predicted octanol–water partition coefficient (Wildman–Crippen LogP) is 2.16. The second-order valence-corrected chi connectivity index (χ2v) is 3.79. The van der Waals surface area contributed by atoms with Crippen molar-refractivity contribution in [2.75, 3.05) is 12.4 Å². The normalized spacial score (nSPS) is 11.1. The zero-order valence-electron chi connectivity index (χ0n) is 9.23. The summed E-state index contributed by atoms with van der Waals surface area (Å²) in [6, 6.07) is 8.11. The van der Waals surface area contributed by atoms with Crippen LogP contribution in [0, 0.1) is 0 Å². The topological polar surface area (TPSA) is 42.7 Å². The number of rotatable bonds is 1. The highest BCUT2D eigenvalue weighted by molar-refractivity contribution is 6.08. The zero-order valence-corrected chi connectivity index (χ0v) is 9.23. The molecule has 0 aliphatic carbocycles. The van der Waals surface area contributed by atoms with Crippen LogP contribution in [0.2, 0.25) is 0 Å². The average Bonchev–Trinajstić information content (AvgIpc) is 2.69. The second-order valence-electron chi connectivity index (χ2n) is 3.79. The third kappa shape index (κ3) is 1.16. The van der Waals surface area contributed by atoms with Crippen LogP contribution in [0.4, 0.5) is 5.82 Å². The van der Waals surface area contributed by atoms with Gasteiger partial charge in [-0.1, -0.05) is 18.2 Å². The summed E-state index contributed by atoms with van der Waals surface area (Å²) in [6.45, 7) is 0. The molecule has 3 aromatic rings. The lowest BCUT2D eigenvalue weighted by Crippen LogP contribution is -1.95. The molecule has 0 amide bonds. The summed E-state index contributed by atoms with van der Waals surface area (Å²) < 4.78 is 1.82. The van der Waals surface area contributed by atoms with Crippen molar-refractivity contribution < 1.29 is 0 Å². The van der Waals surface area contributed by atoms with Crippen molar-refractivity contribution in [1.82, 2.24) is 14.8 Å². The van der Waals surface area contributed by atoms with Crippen molar-refractivity contribution >= 4 is 27.6 Å². The lowest BCUT2D eigenvalue weighted by molar-refractivity contribution is 0.779. The summed E-state index contributed by atoms with van der Waals surface area (Å²) in [5.41, 5.74) is 1.91. The number of nitrogens with zero attached hydrogens (tertiary/aromatic N) is 3. The average molecular weight is 212 g/mol. The van der Waals surface area contributed by atoms with Crippen molar-refractivity contribution in [1.29, 1.82) is 0 Å². The minimum Gasteiger partial charge on any atom is -0.371 e. The van der Waals surface area contributed by atoms with E-state index in [9.17, 15) is 0 Å². The molecule has 80 valence electrons. The molecule has 2 heterocycles. The molecule has 3 rings (SSSR count). The summed E-state index contributed by atoms with van der Waals surface area (Å²) in [5, 5.41) is 9.79. The van der Waals surface area contributed by atoms with E-state index < -0.39 is 0 Å². The molecular weight excluding hydrogens is 200 g/mol. The first-order valence-electron chi connectivity index (χ1n) is 5.19. The summed E-state index contributed by atoms with van der Waals surface area (Å²) >= 11 is 0. The largest absolute Gasteiger partial charge is 0.371 e. The lowest BCUT2D eigenvalue weighted by Gasteiger charge is -2.03. The van der Waals surface area contributed by atoms with E-state index in [2.05, 4.69) is 21.5 Å². The van der Waals surface area contributed by atoms with Gasteiger partial charge in [0.2, 0.25) is 0 Å². The van der Waals surface area contributed by atoms with Gasteiger partial charge in [-0.05, 0) is 6.07 Å². The Hall–Kier alpha value is -2.10. The van der Waals surface area contributed by atoms with Gasteiger partial charge in [0, 0.05) is 31.1 Å². The number of benzene rings is 1. The Balaban J connectivity index is 2.56. The van der Waals surface area contributed by atoms with Crippen molar-refractivity contribution in [3.8, 4) is 0 Å². The molecule has 0 aliphatic heterocycles. The summed E-state index contributed by atoms with van der Waals surface area (Å²) in [6.07, 6.45) is 2.03. The number of hydrogen-bond acceptors (Lipinski definition) is 3. The van der Waals surface area contributed by atoms with Crippen molar-refractivity contribution in [2.24, 2.45) is 7.05 Å². The van der Waals surface area contributed by atoms with Crippen LogP contribution < -0.4 is 5.32 Å². The van der Waals surface area contributed by atoms with Gasteiger partial charge in [-0.25, -0.2) is 4.98 Å².